The third-order valence-corrected chi connectivity index (χ3v) is 4.91. The first-order chi connectivity index (χ1) is 12.2. The van der Waals surface area contributed by atoms with E-state index in [2.05, 4.69) is 22.0 Å². The van der Waals surface area contributed by atoms with Crippen LogP contribution in [0.2, 0.25) is 0 Å². The van der Waals surface area contributed by atoms with Crippen molar-refractivity contribution in [3.05, 3.63) is 75.8 Å². The number of aromatic nitrogens is 2. The van der Waals surface area contributed by atoms with E-state index in [0.29, 0.717) is 18.2 Å². The number of hydrogen-bond acceptors (Lipinski definition) is 4. The van der Waals surface area contributed by atoms with Gasteiger partial charge in [-0.05, 0) is 43.2 Å². The second-order valence-corrected chi connectivity index (χ2v) is 6.50. The summed E-state index contributed by atoms with van der Waals surface area (Å²) < 4.78 is 6.98. The predicted molar refractivity (Wildman–Crippen MR) is 97.0 cm³/mol. The zero-order valence-electron chi connectivity index (χ0n) is 14.5. The number of benzene rings is 1. The predicted octanol–water partition coefficient (Wildman–Crippen LogP) is 2.96. The van der Waals surface area contributed by atoms with Gasteiger partial charge in [0.25, 0.3) is 5.56 Å². The molecule has 5 heteroatoms. The maximum atomic E-state index is 12.4. The van der Waals surface area contributed by atoms with Gasteiger partial charge < -0.3 is 4.74 Å². The number of aryl methyl sites for hydroxylation is 1. The lowest BCUT2D eigenvalue weighted by Crippen LogP contribution is -2.40. The summed E-state index contributed by atoms with van der Waals surface area (Å²) in [5, 5.41) is 0. The van der Waals surface area contributed by atoms with Crippen molar-refractivity contribution in [2.24, 2.45) is 0 Å². The molecule has 1 aliphatic heterocycles. The fourth-order valence-electron chi connectivity index (χ4n) is 3.51. The first-order valence-corrected chi connectivity index (χ1v) is 8.52. The lowest BCUT2D eigenvalue weighted by molar-refractivity contribution is 0.0802. The summed E-state index contributed by atoms with van der Waals surface area (Å²) in [6.07, 6.45) is 1.11. The van der Waals surface area contributed by atoms with E-state index in [1.54, 1.807) is 17.6 Å². The Morgan fingerprint density at radius 2 is 2.04 bits per heavy atom. The number of fused-ring (bicyclic) bond motifs is 1. The minimum Gasteiger partial charge on any atom is -0.497 e. The fourth-order valence-corrected chi connectivity index (χ4v) is 3.51. The Bertz CT molecular complexity index is 980. The van der Waals surface area contributed by atoms with Gasteiger partial charge in [-0.1, -0.05) is 18.2 Å². The zero-order chi connectivity index (χ0) is 17.4. The van der Waals surface area contributed by atoms with Crippen LogP contribution in [0, 0.1) is 6.92 Å². The summed E-state index contributed by atoms with van der Waals surface area (Å²) in [6.45, 7) is 3.61. The Labute approximate surface area is 146 Å². The molecule has 4 rings (SSSR count). The number of pyridine rings is 1. The Hall–Kier alpha value is -2.66. The van der Waals surface area contributed by atoms with Crippen LogP contribution in [-0.4, -0.2) is 27.9 Å². The van der Waals surface area contributed by atoms with E-state index >= 15 is 0 Å². The average Bonchev–Trinajstić information content (AvgIpc) is 2.59. The fraction of sp³-hybridized carbons (Fsp3) is 0.300. The highest BCUT2D eigenvalue weighted by molar-refractivity contribution is 5.40. The first kappa shape index (κ1) is 15.8. The molecule has 2 aromatic heterocycles. The van der Waals surface area contributed by atoms with Crippen molar-refractivity contribution in [3.63, 3.8) is 0 Å². The zero-order valence-corrected chi connectivity index (χ0v) is 14.5. The van der Waals surface area contributed by atoms with Crippen molar-refractivity contribution in [1.29, 1.82) is 0 Å². The van der Waals surface area contributed by atoms with Gasteiger partial charge in [-0.3, -0.25) is 14.1 Å². The molecule has 0 bridgehead atoms. The molecule has 0 saturated carbocycles. The van der Waals surface area contributed by atoms with Crippen LogP contribution in [0.15, 0.2) is 53.3 Å². The summed E-state index contributed by atoms with van der Waals surface area (Å²) >= 11 is 0. The SMILES string of the molecule is COc1cccc(C2CCN2Cc2cc(=O)n3c(C)cccc3n2)c1. The number of ether oxygens (including phenoxy) is 1. The van der Waals surface area contributed by atoms with Crippen LogP contribution in [-0.2, 0) is 6.54 Å². The quantitative estimate of drug-likeness (QED) is 0.735. The van der Waals surface area contributed by atoms with E-state index in [0.717, 1.165) is 30.1 Å². The van der Waals surface area contributed by atoms with Crippen LogP contribution in [0.25, 0.3) is 5.65 Å². The molecule has 1 unspecified atom stereocenters. The number of rotatable bonds is 4. The molecule has 1 aliphatic rings. The highest BCUT2D eigenvalue weighted by Crippen LogP contribution is 2.35. The number of methoxy groups -OCH3 is 1. The molecule has 5 nitrogen and oxygen atoms in total. The van der Waals surface area contributed by atoms with Crippen molar-refractivity contribution < 1.29 is 4.74 Å². The topological polar surface area (TPSA) is 46.8 Å². The van der Waals surface area contributed by atoms with E-state index in [9.17, 15) is 4.79 Å². The van der Waals surface area contributed by atoms with Gasteiger partial charge in [0.05, 0.1) is 12.8 Å². The second-order valence-electron chi connectivity index (χ2n) is 6.50. The van der Waals surface area contributed by atoms with Crippen molar-refractivity contribution in [3.8, 4) is 5.75 Å². The monoisotopic (exact) mass is 335 g/mol. The van der Waals surface area contributed by atoms with Crippen molar-refractivity contribution in [2.45, 2.75) is 25.9 Å². The molecule has 0 N–H and O–H groups in total. The third kappa shape index (κ3) is 2.91. The molecule has 25 heavy (non-hydrogen) atoms. The van der Waals surface area contributed by atoms with Crippen LogP contribution in [0.3, 0.4) is 0 Å². The lowest BCUT2D eigenvalue weighted by atomic mass is 9.94. The maximum Gasteiger partial charge on any atom is 0.258 e. The Kier molecular flexibility index (Phi) is 4.01. The Morgan fingerprint density at radius 3 is 2.80 bits per heavy atom. The standard InChI is InChI=1S/C20H21N3O2/c1-14-5-3-8-19-21-16(12-20(24)23(14)19)13-22-10-9-18(22)15-6-4-7-17(11-15)25-2/h3-8,11-12,18H,9-10,13H2,1-2H3. The van der Waals surface area contributed by atoms with Crippen LogP contribution < -0.4 is 10.3 Å². The van der Waals surface area contributed by atoms with Gasteiger partial charge in [0.15, 0.2) is 0 Å². The molecule has 0 radical (unpaired) electrons. The van der Waals surface area contributed by atoms with Gasteiger partial charge in [-0.2, -0.15) is 0 Å². The minimum absolute atomic E-state index is 0.0171. The minimum atomic E-state index is -0.0171. The molecular weight excluding hydrogens is 314 g/mol. The molecule has 1 fully saturated rings. The molecule has 0 aliphatic carbocycles. The normalized spacial score (nSPS) is 17.4. The van der Waals surface area contributed by atoms with Gasteiger partial charge >= 0.3 is 0 Å². The first-order valence-electron chi connectivity index (χ1n) is 8.52. The maximum absolute atomic E-state index is 12.4. The van der Waals surface area contributed by atoms with Gasteiger partial charge in [-0.15, -0.1) is 0 Å². The lowest BCUT2D eigenvalue weighted by Gasteiger charge is -2.41. The average molecular weight is 335 g/mol. The highest BCUT2D eigenvalue weighted by Gasteiger charge is 2.30. The van der Waals surface area contributed by atoms with Gasteiger partial charge in [-0.25, -0.2) is 4.98 Å². The van der Waals surface area contributed by atoms with Crippen LogP contribution >= 0.6 is 0 Å². The molecular formula is C20H21N3O2. The highest BCUT2D eigenvalue weighted by atomic mass is 16.5. The third-order valence-electron chi connectivity index (χ3n) is 4.91. The smallest absolute Gasteiger partial charge is 0.258 e. The number of likely N-dealkylation sites (tertiary alicyclic amines) is 1. The van der Waals surface area contributed by atoms with E-state index in [-0.39, 0.29) is 5.56 Å². The van der Waals surface area contributed by atoms with Crippen LogP contribution in [0.5, 0.6) is 5.75 Å². The van der Waals surface area contributed by atoms with E-state index in [1.807, 2.05) is 37.3 Å². The molecule has 1 aromatic carbocycles. The molecule has 3 heterocycles. The molecule has 128 valence electrons. The summed E-state index contributed by atoms with van der Waals surface area (Å²) in [5.74, 6) is 0.877. The Morgan fingerprint density at radius 1 is 1.20 bits per heavy atom. The van der Waals surface area contributed by atoms with E-state index in [1.165, 1.54) is 5.56 Å². The summed E-state index contributed by atoms with van der Waals surface area (Å²) in [4.78, 5) is 19.5. The molecule has 0 amide bonds. The van der Waals surface area contributed by atoms with E-state index < -0.39 is 0 Å². The van der Waals surface area contributed by atoms with Crippen LogP contribution in [0.4, 0.5) is 0 Å². The second kappa shape index (κ2) is 6.33. The van der Waals surface area contributed by atoms with Crippen LogP contribution in [0.1, 0.15) is 29.4 Å². The van der Waals surface area contributed by atoms with Crippen molar-refractivity contribution in [2.75, 3.05) is 13.7 Å². The van der Waals surface area contributed by atoms with Gasteiger partial charge in [0, 0.05) is 30.9 Å². The van der Waals surface area contributed by atoms with Crippen molar-refractivity contribution in [1.82, 2.24) is 14.3 Å². The summed E-state index contributed by atoms with van der Waals surface area (Å²) in [7, 11) is 1.69. The summed E-state index contributed by atoms with van der Waals surface area (Å²) in [6, 6.07) is 15.9. The van der Waals surface area contributed by atoms with Gasteiger partial charge in [0.1, 0.15) is 11.4 Å². The molecule has 1 atom stereocenters. The molecule has 0 spiro atoms. The summed E-state index contributed by atoms with van der Waals surface area (Å²) in [5.41, 5.74) is 3.67. The molecule has 3 aromatic rings. The van der Waals surface area contributed by atoms with Crippen molar-refractivity contribution >= 4 is 5.65 Å². The largest absolute Gasteiger partial charge is 0.497 e. The molecule has 1 saturated heterocycles. The number of hydrogen-bond donors (Lipinski definition) is 0. The number of nitrogens with zero attached hydrogens (tertiary/aromatic N) is 3. The Balaban J connectivity index is 1.60. The van der Waals surface area contributed by atoms with Gasteiger partial charge in [0.2, 0.25) is 0 Å². The van der Waals surface area contributed by atoms with E-state index in [4.69, 9.17) is 4.74 Å².